The van der Waals surface area contributed by atoms with Gasteiger partial charge in [0.2, 0.25) is 0 Å². The molecule has 1 unspecified atom stereocenters. The summed E-state index contributed by atoms with van der Waals surface area (Å²) >= 11 is 0. The van der Waals surface area contributed by atoms with E-state index in [1.54, 1.807) is 0 Å². The van der Waals surface area contributed by atoms with Crippen LogP contribution in [0.5, 0.6) is 0 Å². The first-order valence-electron chi connectivity index (χ1n) is 4.04. The lowest BCUT2D eigenvalue weighted by Crippen LogP contribution is -2.17. The molecule has 0 aromatic heterocycles. The van der Waals surface area contributed by atoms with Gasteiger partial charge in [-0.05, 0) is 38.0 Å². The van der Waals surface area contributed by atoms with Gasteiger partial charge in [-0.1, -0.05) is 25.5 Å². The Kier molecular flexibility index (Phi) is 1.89. The molecule has 57 valence electrons. The first-order chi connectivity index (χ1) is 4.51. The molecule has 0 aromatic rings. The van der Waals surface area contributed by atoms with Crippen LogP contribution in [-0.4, -0.2) is 0 Å². The quantitative estimate of drug-likeness (QED) is 0.450. The van der Waals surface area contributed by atoms with Crippen molar-refractivity contribution in [2.75, 3.05) is 0 Å². The van der Waals surface area contributed by atoms with Gasteiger partial charge in [0.1, 0.15) is 0 Å². The van der Waals surface area contributed by atoms with Gasteiger partial charge in [-0.2, -0.15) is 0 Å². The molecule has 1 rings (SSSR count). The van der Waals surface area contributed by atoms with Gasteiger partial charge in [-0.25, -0.2) is 0 Å². The van der Waals surface area contributed by atoms with Crippen LogP contribution >= 0.6 is 0 Å². The van der Waals surface area contributed by atoms with Crippen molar-refractivity contribution in [2.24, 2.45) is 11.3 Å². The highest BCUT2D eigenvalue weighted by molar-refractivity contribution is 5.13. The largest absolute Gasteiger partial charge is 0.0797 e. The molecule has 0 heterocycles. The zero-order chi connectivity index (χ0) is 7.78. The Balaban J connectivity index is 2.76. The average Bonchev–Trinajstić information content (AvgIpc) is 1.79. The minimum Gasteiger partial charge on any atom is -0.0797 e. The standard InChI is InChI=1S/C10H17/c1-8-5-6-10(3,4)7-9(8)2/h7-8H,1,5-6H2,2-4H3. The molecular formula is C10H17. The SMILES string of the molecule is [CH2]C1CCC(C)(C)C=C1C. The van der Waals surface area contributed by atoms with Crippen molar-refractivity contribution < 1.29 is 0 Å². The van der Waals surface area contributed by atoms with Crippen LogP contribution in [0.1, 0.15) is 33.6 Å². The zero-order valence-electron chi connectivity index (χ0n) is 7.28. The van der Waals surface area contributed by atoms with E-state index in [9.17, 15) is 0 Å². The molecule has 0 N–H and O–H groups in total. The lowest BCUT2D eigenvalue weighted by molar-refractivity contribution is 0.369. The third-order valence-corrected chi connectivity index (χ3v) is 2.40. The smallest absolute Gasteiger partial charge is 0.0172 e. The molecule has 10 heavy (non-hydrogen) atoms. The van der Waals surface area contributed by atoms with Gasteiger partial charge in [0.25, 0.3) is 0 Å². The van der Waals surface area contributed by atoms with Crippen LogP contribution in [0.4, 0.5) is 0 Å². The Labute approximate surface area is 64.3 Å². The van der Waals surface area contributed by atoms with Gasteiger partial charge in [0, 0.05) is 0 Å². The maximum absolute atomic E-state index is 4.08. The highest BCUT2D eigenvalue weighted by Crippen LogP contribution is 2.35. The molecule has 1 atom stereocenters. The molecule has 1 aliphatic carbocycles. The molecule has 1 aliphatic rings. The van der Waals surface area contributed by atoms with E-state index in [4.69, 9.17) is 0 Å². The van der Waals surface area contributed by atoms with E-state index in [2.05, 4.69) is 33.8 Å². The molecule has 0 aromatic carbocycles. The van der Waals surface area contributed by atoms with Gasteiger partial charge in [0.15, 0.2) is 0 Å². The minimum atomic E-state index is 0.429. The summed E-state index contributed by atoms with van der Waals surface area (Å²) in [5, 5.41) is 0. The number of hydrogen-bond acceptors (Lipinski definition) is 0. The summed E-state index contributed by atoms with van der Waals surface area (Å²) in [5.74, 6) is 0.577. The second-order valence-electron chi connectivity index (χ2n) is 4.11. The summed E-state index contributed by atoms with van der Waals surface area (Å²) in [6, 6.07) is 0. The Morgan fingerprint density at radius 1 is 1.60 bits per heavy atom. The molecule has 0 spiro atoms. The summed E-state index contributed by atoms with van der Waals surface area (Å²) in [4.78, 5) is 0. The summed E-state index contributed by atoms with van der Waals surface area (Å²) < 4.78 is 0. The molecule has 0 bridgehead atoms. The third-order valence-electron chi connectivity index (χ3n) is 2.40. The van der Waals surface area contributed by atoms with E-state index in [0.717, 1.165) is 0 Å². The van der Waals surface area contributed by atoms with E-state index in [-0.39, 0.29) is 0 Å². The van der Waals surface area contributed by atoms with E-state index < -0.39 is 0 Å². The summed E-state index contributed by atoms with van der Waals surface area (Å²) in [6.45, 7) is 10.9. The molecular weight excluding hydrogens is 120 g/mol. The van der Waals surface area contributed by atoms with Crippen LogP contribution in [0, 0.1) is 18.3 Å². The maximum Gasteiger partial charge on any atom is -0.0172 e. The monoisotopic (exact) mass is 137 g/mol. The normalized spacial score (nSPS) is 31.6. The van der Waals surface area contributed by atoms with Gasteiger partial charge < -0.3 is 0 Å². The molecule has 0 saturated heterocycles. The topological polar surface area (TPSA) is 0 Å². The Morgan fingerprint density at radius 2 is 2.20 bits per heavy atom. The van der Waals surface area contributed by atoms with Crippen LogP contribution in [0.2, 0.25) is 0 Å². The average molecular weight is 137 g/mol. The van der Waals surface area contributed by atoms with Crippen molar-refractivity contribution in [1.29, 1.82) is 0 Å². The van der Waals surface area contributed by atoms with Gasteiger partial charge >= 0.3 is 0 Å². The van der Waals surface area contributed by atoms with Crippen LogP contribution in [0.15, 0.2) is 11.6 Å². The lowest BCUT2D eigenvalue weighted by Gasteiger charge is -2.30. The predicted octanol–water partition coefficient (Wildman–Crippen LogP) is 3.20. The molecule has 0 amide bonds. The Morgan fingerprint density at radius 3 is 2.60 bits per heavy atom. The molecule has 0 nitrogen and oxygen atoms in total. The van der Waals surface area contributed by atoms with Crippen molar-refractivity contribution in [3.63, 3.8) is 0 Å². The third kappa shape index (κ3) is 1.62. The molecule has 0 fully saturated rings. The van der Waals surface area contributed by atoms with Gasteiger partial charge in [0.05, 0.1) is 0 Å². The predicted molar refractivity (Wildman–Crippen MR) is 45.6 cm³/mol. The van der Waals surface area contributed by atoms with Crippen molar-refractivity contribution in [3.8, 4) is 0 Å². The second-order valence-corrected chi connectivity index (χ2v) is 4.11. The minimum absolute atomic E-state index is 0.429. The molecule has 1 radical (unpaired) electrons. The fourth-order valence-electron chi connectivity index (χ4n) is 1.58. The summed E-state index contributed by atoms with van der Waals surface area (Å²) in [6.07, 6.45) is 4.92. The number of rotatable bonds is 0. The van der Waals surface area contributed by atoms with Crippen molar-refractivity contribution in [1.82, 2.24) is 0 Å². The van der Waals surface area contributed by atoms with Crippen molar-refractivity contribution in [2.45, 2.75) is 33.6 Å². The highest BCUT2D eigenvalue weighted by Gasteiger charge is 2.22. The lowest BCUT2D eigenvalue weighted by atomic mass is 9.76. The van der Waals surface area contributed by atoms with Gasteiger partial charge in [-0.3, -0.25) is 0 Å². The van der Waals surface area contributed by atoms with Crippen molar-refractivity contribution in [3.05, 3.63) is 18.6 Å². The Hall–Kier alpha value is -0.260. The molecule has 0 saturated carbocycles. The maximum atomic E-state index is 4.08. The molecule has 0 aliphatic heterocycles. The van der Waals surface area contributed by atoms with Crippen LogP contribution in [0.25, 0.3) is 0 Å². The zero-order valence-corrected chi connectivity index (χ0v) is 7.28. The van der Waals surface area contributed by atoms with E-state index in [1.165, 1.54) is 18.4 Å². The summed E-state index contributed by atoms with van der Waals surface area (Å²) in [7, 11) is 0. The van der Waals surface area contributed by atoms with E-state index in [0.29, 0.717) is 11.3 Å². The van der Waals surface area contributed by atoms with Crippen LogP contribution in [0.3, 0.4) is 0 Å². The molecule has 0 heteroatoms. The van der Waals surface area contributed by atoms with Gasteiger partial charge in [-0.15, -0.1) is 0 Å². The first-order valence-corrected chi connectivity index (χ1v) is 4.04. The number of hydrogen-bond donors (Lipinski definition) is 0. The fraction of sp³-hybridized carbons (Fsp3) is 0.700. The van der Waals surface area contributed by atoms with Crippen molar-refractivity contribution >= 4 is 0 Å². The van der Waals surface area contributed by atoms with Crippen LogP contribution < -0.4 is 0 Å². The fourth-order valence-corrected chi connectivity index (χ4v) is 1.58. The second kappa shape index (κ2) is 2.41. The summed E-state index contributed by atoms with van der Waals surface area (Å²) in [5.41, 5.74) is 1.90. The van der Waals surface area contributed by atoms with Crippen LogP contribution in [-0.2, 0) is 0 Å². The van der Waals surface area contributed by atoms with E-state index >= 15 is 0 Å². The number of allylic oxidation sites excluding steroid dienone is 2. The highest BCUT2D eigenvalue weighted by atomic mass is 14.3. The first kappa shape index (κ1) is 7.84. The Bertz CT molecular complexity index is 151. The van der Waals surface area contributed by atoms with E-state index in [1.807, 2.05) is 0 Å².